The summed E-state index contributed by atoms with van der Waals surface area (Å²) in [5.41, 5.74) is 1.13. The van der Waals surface area contributed by atoms with Crippen molar-refractivity contribution in [3.63, 3.8) is 0 Å². The monoisotopic (exact) mass is 285 g/mol. The minimum Gasteiger partial charge on any atom is -0.312 e. The Morgan fingerprint density at radius 3 is 2.74 bits per heavy atom. The number of aromatic nitrogens is 2. The van der Waals surface area contributed by atoms with Crippen molar-refractivity contribution in [2.45, 2.75) is 39.3 Å². The molecule has 0 bridgehead atoms. The van der Waals surface area contributed by atoms with E-state index in [9.17, 15) is 8.42 Å². The van der Waals surface area contributed by atoms with Gasteiger partial charge in [0.15, 0.2) is 9.84 Å². The molecule has 1 aromatic heterocycles. The Labute approximate surface area is 115 Å². The van der Waals surface area contributed by atoms with Crippen molar-refractivity contribution in [1.29, 1.82) is 0 Å². The molecule has 1 aliphatic rings. The van der Waals surface area contributed by atoms with Crippen LogP contribution in [0.5, 0.6) is 0 Å². The third-order valence-corrected chi connectivity index (χ3v) is 5.25. The first-order valence-electron chi connectivity index (χ1n) is 6.71. The van der Waals surface area contributed by atoms with E-state index in [1.807, 2.05) is 17.1 Å². The maximum atomic E-state index is 11.3. The van der Waals surface area contributed by atoms with Crippen molar-refractivity contribution >= 4 is 9.84 Å². The Morgan fingerprint density at radius 1 is 1.47 bits per heavy atom. The molecular weight excluding hydrogens is 262 g/mol. The lowest BCUT2D eigenvalue weighted by Crippen LogP contribution is -2.23. The fraction of sp³-hybridized carbons (Fsp3) is 0.769. The summed E-state index contributed by atoms with van der Waals surface area (Å²) in [6, 6.07) is 0. The average molecular weight is 285 g/mol. The average Bonchev–Trinajstić information content (AvgIpc) is 2.85. The van der Waals surface area contributed by atoms with Crippen LogP contribution in [0.4, 0.5) is 0 Å². The second kappa shape index (κ2) is 5.25. The number of hydrogen-bond donors (Lipinski definition) is 1. The van der Waals surface area contributed by atoms with Gasteiger partial charge in [-0.2, -0.15) is 5.10 Å². The molecule has 2 rings (SSSR count). The Morgan fingerprint density at radius 2 is 2.21 bits per heavy atom. The van der Waals surface area contributed by atoms with Crippen molar-refractivity contribution in [1.82, 2.24) is 15.1 Å². The smallest absolute Gasteiger partial charge is 0.150 e. The molecule has 1 aliphatic heterocycles. The molecule has 1 aromatic rings. The van der Waals surface area contributed by atoms with Crippen LogP contribution >= 0.6 is 0 Å². The first-order chi connectivity index (χ1) is 8.76. The Hall–Kier alpha value is -0.880. The third kappa shape index (κ3) is 4.04. The van der Waals surface area contributed by atoms with Gasteiger partial charge in [-0.05, 0) is 39.7 Å². The normalized spacial score (nSPS) is 22.8. The van der Waals surface area contributed by atoms with E-state index in [0.29, 0.717) is 11.5 Å². The van der Waals surface area contributed by atoms with E-state index in [2.05, 4.69) is 31.2 Å². The fourth-order valence-electron chi connectivity index (χ4n) is 2.27. The summed E-state index contributed by atoms with van der Waals surface area (Å²) < 4.78 is 24.6. The molecule has 5 nitrogen and oxygen atoms in total. The van der Waals surface area contributed by atoms with Crippen LogP contribution in [0.25, 0.3) is 0 Å². The summed E-state index contributed by atoms with van der Waals surface area (Å²) in [5.74, 6) is 0.949. The number of sulfone groups is 1. The van der Waals surface area contributed by atoms with Crippen LogP contribution in [-0.4, -0.2) is 36.2 Å². The molecule has 1 atom stereocenters. The van der Waals surface area contributed by atoms with Gasteiger partial charge in [-0.25, -0.2) is 8.42 Å². The van der Waals surface area contributed by atoms with Crippen molar-refractivity contribution in [3.05, 3.63) is 18.0 Å². The number of nitrogens with one attached hydrogen (secondary N) is 1. The highest BCUT2D eigenvalue weighted by molar-refractivity contribution is 7.91. The van der Waals surface area contributed by atoms with Gasteiger partial charge in [0.2, 0.25) is 0 Å². The Bertz CT molecular complexity index is 528. The van der Waals surface area contributed by atoms with Crippen LogP contribution in [0, 0.1) is 5.92 Å². The van der Waals surface area contributed by atoms with Crippen LogP contribution in [0.3, 0.4) is 0 Å². The van der Waals surface area contributed by atoms with Crippen molar-refractivity contribution < 1.29 is 8.42 Å². The zero-order valence-electron chi connectivity index (χ0n) is 11.9. The van der Waals surface area contributed by atoms with Gasteiger partial charge in [0, 0.05) is 18.3 Å². The highest BCUT2D eigenvalue weighted by atomic mass is 32.2. The number of hydrogen-bond acceptors (Lipinski definition) is 4. The zero-order valence-corrected chi connectivity index (χ0v) is 12.7. The molecule has 19 heavy (non-hydrogen) atoms. The third-order valence-electron chi connectivity index (χ3n) is 3.41. The van der Waals surface area contributed by atoms with Gasteiger partial charge in [0.05, 0.1) is 23.2 Å². The summed E-state index contributed by atoms with van der Waals surface area (Å²) in [6.07, 6.45) is 4.69. The molecule has 2 heterocycles. The summed E-state index contributed by atoms with van der Waals surface area (Å²) in [5, 5.41) is 7.67. The molecule has 0 spiro atoms. The quantitative estimate of drug-likeness (QED) is 0.902. The topological polar surface area (TPSA) is 64.0 Å². The zero-order chi connectivity index (χ0) is 14.1. The van der Waals surface area contributed by atoms with Crippen LogP contribution in [0.2, 0.25) is 0 Å². The van der Waals surface area contributed by atoms with E-state index in [1.54, 1.807) is 0 Å². The van der Waals surface area contributed by atoms with Gasteiger partial charge in [0.25, 0.3) is 0 Å². The molecule has 1 saturated heterocycles. The Kier molecular flexibility index (Phi) is 4.01. The van der Waals surface area contributed by atoms with E-state index >= 15 is 0 Å². The van der Waals surface area contributed by atoms with Crippen LogP contribution in [-0.2, 0) is 21.9 Å². The first kappa shape index (κ1) is 14.5. The van der Waals surface area contributed by atoms with Crippen LogP contribution < -0.4 is 5.32 Å². The maximum absolute atomic E-state index is 11.3. The predicted octanol–water partition coefficient (Wildman–Crippen LogP) is 1.16. The lowest BCUT2D eigenvalue weighted by atomic mass is 10.1. The van der Waals surface area contributed by atoms with E-state index in [4.69, 9.17) is 0 Å². The summed E-state index contributed by atoms with van der Waals surface area (Å²) in [7, 11) is -2.76. The largest absolute Gasteiger partial charge is 0.312 e. The van der Waals surface area contributed by atoms with E-state index in [1.165, 1.54) is 0 Å². The molecule has 1 N–H and O–H groups in total. The summed E-state index contributed by atoms with van der Waals surface area (Å²) in [4.78, 5) is 0. The van der Waals surface area contributed by atoms with E-state index < -0.39 is 9.84 Å². The lowest BCUT2D eigenvalue weighted by molar-refractivity contribution is 0.355. The Balaban J connectivity index is 1.79. The molecule has 1 fully saturated rings. The minimum absolute atomic E-state index is 0.00220. The molecular formula is C13H23N3O2S. The van der Waals surface area contributed by atoms with Gasteiger partial charge >= 0.3 is 0 Å². The van der Waals surface area contributed by atoms with Gasteiger partial charge in [-0.1, -0.05) is 0 Å². The van der Waals surface area contributed by atoms with E-state index in [0.717, 1.165) is 25.1 Å². The molecule has 0 aliphatic carbocycles. The number of rotatable bonds is 4. The lowest BCUT2D eigenvalue weighted by Gasteiger charge is -2.18. The second-order valence-electron chi connectivity index (χ2n) is 6.36. The maximum Gasteiger partial charge on any atom is 0.150 e. The van der Waals surface area contributed by atoms with Crippen molar-refractivity contribution in [2.75, 3.05) is 18.1 Å². The highest BCUT2D eigenvalue weighted by Crippen LogP contribution is 2.17. The molecule has 1 unspecified atom stereocenters. The molecule has 0 saturated carbocycles. The summed E-state index contributed by atoms with van der Waals surface area (Å²) >= 11 is 0. The second-order valence-corrected chi connectivity index (χ2v) is 8.59. The first-order valence-corrected chi connectivity index (χ1v) is 8.53. The standard InChI is InChI=1S/C13H23N3O2S/c1-13(2,3)16-9-12(8-15-16)7-14-6-11-4-5-19(17,18)10-11/h8-9,11,14H,4-7,10H2,1-3H3. The minimum atomic E-state index is -2.76. The van der Waals surface area contributed by atoms with Gasteiger partial charge in [-0.15, -0.1) is 0 Å². The van der Waals surface area contributed by atoms with Gasteiger partial charge in [-0.3, -0.25) is 4.68 Å². The fourth-order valence-corrected chi connectivity index (χ4v) is 4.13. The van der Waals surface area contributed by atoms with Crippen molar-refractivity contribution in [2.24, 2.45) is 5.92 Å². The summed E-state index contributed by atoms with van der Waals surface area (Å²) in [6.45, 7) is 7.84. The van der Waals surface area contributed by atoms with Crippen LogP contribution in [0.15, 0.2) is 12.4 Å². The van der Waals surface area contributed by atoms with E-state index in [-0.39, 0.29) is 11.5 Å². The van der Waals surface area contributed by atoms with Gasteiger partial charge in [0.1, 0.15) is 0 Å². The number of nitrogens with zero attached hydrogens (tertiary/aromatic N) is 2. The molecule has 0 aromatic carbocycles. The molecule has 0 amide bonds. The SMILES string of the molecule is CC(C)(C)n1cc(CNCC2CCS(=O)(=O)C2)cn1. The molecule has 108 valence electrons. The predicted molar refractivity (Wildman–Crippen MR) is 75.7 cm³/mol. The van der Waals surface area contributed by atoms with Crippen molar-refractivity contribution in [3.8, 4) is 0 Å². The highest BCUT2D eigenvalue weighted by Gasteiger charge is 2.27. The molecule has 0 radical (unpaired) electrons. The van der Waals surface area contributed by atoms with Gasteiger partial charge < -0.3 is 5.32 Å². The molecule has 6 heteroatoms. The van der Waals surface area contributed by atoms with Crippen LogP contribution in [0.1, 0.15) is 32.8 Å².